The Morgan fingerprint density at radius 3 is 2.22 bits per heavy atom. The fraction of sp³-hybridized carbons (Fsp3) is 0.296. The van der Waals surface area contributed by atoms with Crippen molar-refractivity contribution in [3.05, 3.63) is 83.4 Å². The van der Waals surface area contributed by atoms with Crippen LogP contribution in [0.5, 0.6) is 11.5 Å². The average molecular weight is 430 g/mol. The molecule has 166 valence electrons. The van der Waals surface area contributed by atoms with E-state index in [0.717, 1.165) is 36.6 Å². The molecule has 2 N–H and O–H groups in total. The minimum Gasteiger partial charge on any atom is -0.457 e. The highest BCUT2D eigenvalue weighted by Crippen LogP contribution is 2.28. The van der Waals surface area contributed by atoms with Gasteiger partial charge in [-0.25, -0.2) is 4.79 Å². The molecule has 0 saturated heterocycles. The quantitative estimate of drug-likeness (QED) is 0.498. The summed E-state index contributed by atoms with van der Waals surface area (Å²) in [5.41, 5.74) is 5.47. The molecular weight excluding hydrogens is 398 g/mol. The molecule has 0 aliphatic heterocycles. The van der Waals surface area contributed by atoms with E-state index >= 15 is 0 Å². The highest BCUT2D eigenvalue weighted by Gasteiger charge is 2.19. The number of nitrogens with zero attached hydrogens (tertiary/aromatic N) is 1. The maximum Gasteiger partial charge on any atom is 0.323 e. The number of hydrogen-bond acceptors (Lipinski definition) is 3. The van der Waals surface area contributed by atoms with Crippen LogP contribution in [0.3, 0.4) is 0 Å². The van der Waals surface area contributed by atoms with Crippen molar-refractivity contribution in [1.82, 2.24) is 4.90 Å². The van der Waals surface area contributed by atoms with Crippen LogP contribution in [0, 0.1) is 12.8 Å². The third-order valence-corrected chi connectivity index (χ3v) is 5.79. The molecule has 1 aliphatic carbocycles. The molecule has 1 atom stereocenters. The number of carbonyl (C=O) groups excluding carboxylic acids is 1. The van der Waals surface area contributed by atoms with Crippen molar-refractivity contribution in [2.45, 2.75) is 26.2 Å². The molecule has 5 nitrogen and oxygen atoms in total. The molecule has 0 radical (unpaired) electrons. The molecule has 0 fully saturated rings. The second kappa shape index (κ2) is 9.88. The first-order chi connectivity index (χ1) is 15.4. The number of anilines is 2. The van der Waals surface area contributed by atoms with E-state index in [1.807, 2.05) is 61.5 Å². The average Bonchev–Trinajstić information content (AvgIpc) is 2.76. The summed E-state index contributed by atoms with van der Waals surface area (Å²) in [6, 6.07) is 21.3. The van der Waals surface area contributed by atoms with Crippen LogP contribution in [0.2, 0.25) is 0 Å². The zero-order chi connectivity index (χ0) is 22.5. The molecule has 2 amide bonds. The molecule has 1 aliphatic rings. The Hall–Kier alpha value is -3.31. The molecule has 3 aromatic carbocycles. The van der Waals surface area contributed by atoms with Crippen LogP contribution in [-0.2, 0) is 12.8 Å². The molecule has 3 aromatic rings. The number of fused-ring (bicyclic) bond motifs is 1. The molecule has 5 heteroatoms. The Morgan fingerprint density at radius 1 is 0.906 bits per heavy atom. The smallest absolute Gasteiger partial charge is 0.323 e. The first-order valence-electron chi connectivity index (χ1n) is 11.1. The van der Waals surface area contributed by atoms with Gasteiger partial charge in [0.2, 0.25) is 0 Å². The summed E-state index contributed by atoms with van der Waals surface area (Å²) in [6.07, 6.45) is 3.36. The minimum atomic E-state index is -0.251. The molecule has 32 heavy (non-hydrogen) atoms. The van der Waals surface area contributed by atoms with Gasteiger partial charge in [0.15, 0.2) is 0 Å². The number of amides is 2. The summed E-state index contributed by atoms with van der Waals surface area (Å²) in [6.45, 7) is 3.16. The van der Waals surface area contributed by atoms with E-state index in [9.17, 15) is 4.79 Å². The maximum absolute atomic E-state index is 12.5. The zero-order valence-electron chi connectivity index (χ0n) is 19.0. The van der Waals surface area contributed by atoms with Gasteiger partial charge >= 0.3 is 6.03 Å². The largest absolute Gasteiger partial charge is 0.457 e. The second-order valence-corrected chi connectivity index (χ2v) is 8.87. The van der Waals surface area contributed by atoms with Crippen LogP contribution < -0.4 is 15.4 Å². The van der Waals surface area contributed by atoms with Gasteiger partial charge in [0.1, 0.15) is 11.5 Å². The first-order valence-corrected chi connectivity index (χ1v) is 11.1. The van der Waals surface area contributed by atoms with Crippen molar-refractivity contribution in [3.8, 4) is 11.5 Å². The normalized spacial score (nSPS) is 15.2. The van der Waals surface area contributed by atoms with Gasteiger partial charge in [-0.15, -0.1) is 0 Å². The summed E-state index contributed by atoms with van der Waals surface area (Å²) >= 11 is 0. The van der Waals surface area contributed by atoms with Crippen molar-refractivity contribution < 1.29 is 9.53 Å². The van der Waals surface area contributed by atoms with E-state index in [2.05, 4.69) is 41.8 Å². The molecule has 0 saturated carbocycles. The van der Waals surface area contributed by atoms with Crippen LogP contribution >= 0.6 is 0 Å². The number of aryl methyl sites for hydroxylation is 2. The number of rotatable bonds is 6. The fourth-order valence-electron chi connectivity index (χ4n) is 4.22. The van der Waals surface area contributed by atoms with E-state index in [4.69, 9.17) is 4.74 Å². The van der Waals surface area contributed by atoms with Gasteiger partial charge in [-0.2, -0.15) is 0 Å². The number of benzene rings is 3. The topological polar surface area (TPSA) is 53.6 Å². The van der Waals surface area contributed by atoms with Crippen LogP contribution in [-0.4, -0.2) is 31.6 Å². The number of carbonyl (C=O) groups is 1. The lowest BCUT2D eigenvalue weighted by Gasteiger charge is -2.27. The predicted octanol–water partition coefficient (Wildman–Crippen LogP) is 6.10. The summed E-state index contributed by atoms with van der Waals surface area (Å²) in [5, 5.41) is 5.84. The number of ether oxygens (including phenoxy) is 1. The van der Waals surface area contributed by atoms with Crippen molar-refractivity contribution in [2.75, 3.05) is 31.3 Å². The Kier molecular flexibility index (Phi) is 6.76. The molecule has 1 unspecified atom stereocenters. The third-order valence-electron chi connectivity index (χ3n) is 5.79. The Morgan fingerprint density at radius 2 is 1.53 bits per heavy atom. The highest BCUT2D eigenvalue weighted by molar-refractivity contribution is 5.99. The lowest BCUT2D eigenvalue weighted by atomic mass is 9.83. The molecule has 4 rings (SSSR count). The lowest BCUT2D eigenvalue weighted by molar-refractivity contribution is 0.262. The van der Waals surface area contributed by atoms with Crippen molar-refractivity contribution in [1.29, 1.82) is 0 Å². The standard InChI is InChI=1S/C27H31N3O2/c1-19-4-12-25(13-5-19)32-26-14-10-23(11-15-26)28-27(31)29-24-9-8-21-16-20(18-30(2)3)6-7-22(21)17-24/h4-5,8-15,17,20H,6-7,16,18H2,1-3H3,(H2,28,29,31). The van der Waals surface area contributed by atoms with Gasteiger partial charge in [0.25, 0.3) is 0 Å². The first kappa shape index (κ1) is 21.9. The Bertz CT molecular complexity index is 1060. The number of nitrogens with one attached hydrogen (secondary N) is 2. The SMILES string of the molecule is Cc1ccc(Oc2ccc(NC(=O)Nc3ccc4c(c3)CCC(CN(C)C)C4)cc2)cc1. The lowest BCUT2D eigenvalue weighted by Crippen LogP contribution is -2.26. The van der Waals surface area contributed by atoms with Crippen LogP contribution in [0.15, 0.2) is 66.7 Å². The maximum atomic E-state index is 12.5. The van der Waals surface area contributed by atoms with Crippen molar-refractivity contribution in [3.63, 3.8) is 0 Å². The molecule has 0 spiro atoms. The van der Waals surface area contributed by atoms with E-state index < -0.39 is 0 Å². The van der Waals surface area contributed by atoms with E-state index in [1.165, 1.54) is 23.1 Å². The fourth-order valence-corrected chi connectivity index (χ4v) is 4.22. The summed E-state index contributed by atoms with van der Waals surface area (Å²) in [7, 11) is 4.26. The van der Waals surface area contributed by atoms with Crippen LogP contribution in [0.1, 0.15) is 23.1 Å². The Balaban J connectivity index is 1.31. The van der Waals surface area contributed by atoms with E-state index in [1.54, 1.807) is 0 Å². The summed E-state index contributed by atoms with van der Waals surface area (Å²) in [5.74, 6) is 2.22. The molecule has 0 aromatic heterocycles. The molecule has 0 bridgehead atoms. The summed E-state index contributed by atoms with van der Waals surface area (Å²) < 4.78 is 5.84. The van der Waals surface area contributed by atoms with Crippen molar-refractivity contribution >= 4 is 17.4 Å². The number of urea groups is 1. The monoisotopic (exact) mass is 429 g/mol. The van der Waals surface area contributed by atoms with Crippen LogP contribution in [0.25, 0.3) is 0 Å². The van der Waals surface area contributed by atoms with Gasteiger partial charge in [-0.1, -0.05) is 23.8 Å². The van der Waals surface area contributed by atoms with Gasteiger partial charge in [-0.3, -0.25) is 0 Å². The van der Waals surface area contributed by atoms with Crippen molar-refractivity contribution in [2.24, 2.45) is 5.92 Å². The number of hydrogen-bond donors (Lipinski definition) is 2. The van der Waals surface area contributed by atoms with Gasteiger partial charge in [-0.05, 0) is 106 Å². The molecular formula is C27H31N3O2. The van der Waals surface area contributed by atoms with Gasteiger partial charge in [0.05, 0.1) is 0 Å². The zero-order valence-corrected chi connectivity index (χ0v) is 19.0. The summed E-state index contributed by atoms with van der Waals surface area (Å²) in [4.78, 5) is 14.7. The molecule has 0 heterocycles. The van der Waals surface area contributed by atoms with Gasteiger partial charge in [0, 0.05) is 17.9 Å². The predicted molar refractivity (Wildman–Crippen MR) is 131 cm³/mol. The van der Waals surface area contributed by atoms with Crippen LogP contribution in [0.4, 0.5) is 16.2 Å². The second-order valence-electron chi connectivity index (χ2n) is 8.87. The van der Waals surface area contributed by atoms with E-state index in [0.29, 0.717) is 11.6 Å². The highest BCUT2D eigenvalue weighted by atomic mass is 16.5. The minimum absolute atomic E-state index is 0.251. The third kappa shape index (κ3) is 5.89. The van der Waals surface area contributed by atoms with E-state index in [-0.39, 0.29) is 6.03 Å². The van der Waals surface area contributed by atoms with Gasteiger partial charge < -0.3 is 20.3 Å². The Labute approximate surface area is 190 Å².